The Morgan fingerprint density at radius 1 is 0.793 bits per heavy atom. The first kappa shape index (κ1) is 54.0. The lowest BCUT2D eigenvalue weighted by molar-refractivity contribution is -0.135. The number of hydrogen-bond donors (Lipinski definition) is 0. The minimum atomic E-state index is -0.181. The molecule has 1 aliphatic carbocycles. The average molecular weight is 804 g/mol. The number of carbonyl (C=O) groups is 1. The maximum atomic E-state index is 10.3. The lowest BCUT2D eigenvalue weighted by Crippen LogP contribution is -2.32. The first-order valence-corrected chi connectivity index (χ1v) is 21.2. The van der Waals surface area contributed by atoms with Gasteiger partial charge in [-0.15, -0.1) is 0 Å². The molecule has 3 aromatic carbocycles. The highest BCUT2D eigenvalue weighted by Crippen LogP contribution is 2.27. The van der Waals surface area contributed by atoms with Crippen LogP contribution in [0.2, 0.25) is 0 Å². The van der Waals surface area contributed by atoms with Crippen molar-refractivity contribution >= 4 is 22.8 Å². The van der Waals surface area contributed by atoms with Gasteiger partial charge in [0.15, 0.2) is 0 Å². The lowest BCUT2D eigenvalue weighted by Gasteiger charge is -2.24. The van der Waals surface area contributed by atoms with E-state index in [1.807, 2.05) is 64.1 Å². The Morgan fingerprint density at radius 3 is 1.34 bits per heavy atom. The van der Waals surface area contributed by atoms with Crippen LogP contribution in [0.1, 0.15) is 84.9 Å². The molecule has 0 N–H and O–H groups in total. The maximum absolute atomic E-state index is 10.3. The van der Waals surface area contributed by atoms with Crippen LogP contribution in [-0.4, -0.2) is 108 Å². The summed E-state index contributed by atoms with van der Waals surface area (Å²) in [5.74, 6) is 0.662. The number of esters is 1. The predicted molar refractivity (Wildman–Crippen MR) is 245 cm³/mol. The zero-order valence-corrected chi connectivity index (χ0v) is 37.9. The molecule has 7 aliphatic rings. The lowest BCUT2D eigenvalue weighted by atomic mass is 9.86. The standard InChI is InChI=1S/C12H10.C8H8.C5H6O2.C4H9N.2C4H8O.C3H7N.C3H6O.2C2H6.CH3N3/c1-2-4-10-8-12-6-5-11(12)7-9(10)3-1;1-2-8-6-4-3-5-7-8;1-4-2-3-7-5(4)6;1-5-3-2-4-5;1-4-2-5-3-4;1-4-2-3-5-4;1-4-2-3-4;1-3-2-4-3;2*1-2;1-3-4-2/h1-4,7-8H,5-6H2;2-7H,1H2;2H,3H2,1H3;2-4H2,1H3;2*4H,2-3H2,1H3;2-3H2,1H3;3H,2H2,1H3;2*1-2H3;1H3. The van der Waals surface area contributed by atoms with Crippen LogP contribution in [0, 0.1) is 5.92 Å². The largest absolute Gasteiger partial charge is 0.458 e. The zero-order valence-electron chi connectivity index (χ0n) is 37.9. The Labute approximate surface area is 352 Å². The van der Waals surface area contributed by atoms with Crippen LogP contribution in [0.25, 0.3) is 27.3 Å². The zero-order chi connectivity index (χ0) is 43.6. The summed E-state index contributed by atoms with van der Waals surface area (Å²) >= 11 is 0. The number of epoxide rings is 1. The highest BCUT2D eigenvalue weighted by atomic mass is 16.6. The third-order valence-electron chi connectivity index (χ3n) is 8.76. The summed E-state index contributed by atoms with van der Waals surface area (Å²) < 4.78 is 19.0. The Bertz CT molecular complexity index is 1480. The molecular weight excluding hydrogens is 727 g/mol. The summed E-state index contributed by atoms with van der Waals surface area (Å²) in [6.45, 7) is 29.4. The molecule has 6 heterocycles. The van der Waals surface area contributed by atoms with E-state index in [1.54, 1.807) is 24.1 Å². The van der Waals surface area contributed by atoms with E-state index in [9.17, 15) is 4.79 Å². The second kappa shape index (κ2) is 35.0. The van der Waals surface area contributed by atoms with Crippen LogP contribution in [-0.2, 0) is 36.6 Å². The molecule has 10 rings (SSSR count). The van der Waals surface area contributed by atoms with Crippen molar-refractivity contribution in [2.45, 2.75) is 93.3 Å². The third-order valence-corrected chi connectivity index (χ3v) is 8.76. The van der Waals surface area contributed by atoms with Crippen LogP contribution < -0.4 is 0 Å². The highest BCUT2D eigenvalue weighted by molar-refractivity contribution is 5.89. The van der Waals surface area contributed by atoms with Crippen LogP contribution in [0.3, 0.4) is 0 Å². The van der Waals surface area contributed by atoms with Crippen molar-refractivity contribution < 1.29 is 23.7 Å². The number of carbonyl (C=O) groups excluding carboxylic acids is 1. The number of hydrogen-bond acceptors (Lipinski definition) is 8. The Morgan fingerprint density at radius 2 is 1.19 bits per heavy atom. The van der Waals surface area contributed by atoms with E-state index in [2.05, 4.69) is 102 Å². The molecule has 324 valence electrons. The van der Waals surface area contributed by atoms with Crippen LogP contribution in [0.15, 0.2) is 90.1 Å². The molecule has 2 unspecified atom stereocenters. The molecule has 3 aromatic rings. The summed E-state index contributed by atoms with van der Waals surface area (Å²) in [6, 6.07) is 23.3. The summed E-state index contributed by atoms with van der Waals surface area (Å²) in [4.78, 5) is 17.2. The Hall–Kier alpha value is -4.02. The van der Waals surface area contributed by atoms with Crippen molar-refractivity contribution in [2.75, 3.05) is 80.4 Å². The highest BCUT2D eigenvalue weighted by Gasteiger charge is 2.14. The fraction of sp³-hybridized carbons (Fsp3) is 0.562. The van der Waals surface area contributed by atoms with Crippen molar-refractivity contribution in [1.82, 2.24) is 9.80 Å². The van der Waals surface area contributed by atoms with E-state index in [-0.39, 0.29) is 5.97 Å². The van der Waals surface area contributed by atoms with Gasteiger partial charge in [0.2, 0.25) is 0 Å². The number of rotatable bonds is 1. The van der Waals surface area contributed by atoms with Gasteiger partial charge in [-0.05, 0) is 113 Å². The molecule has 2 atom stereocenters. The van der Waals surface area contributed by atoms with E-state index in [1.165, 1.54) is 75.2 Å². The second-order valence-corrected chi connectivity index (χ2v) is 14.1. The predicted octanol–water partition coefficient (Wildman–Crippen LogP) is 10.8. The molecule has 5 fully saturated rings. The molecule has 0 spiro atoms. The number of azide groups is 1. The van der Waals surface area contributed by atoms with E-state index >= 15 is 0 Å². The molecule has 58 heavy (non-hydrogen) atoms. The van der Waals surface area contributed by atoms with Gasteiger partial charge in [0, 0.05) is 43.1 Å². The molecule has 10 nitrogen and oxygen atoms in total. The first-order chi connectivity index (χ1) is 28.1. The van der Waals surface area contributed by atoms with E-state index in [4.69, 9.17) is 19.7 Å². The van der Waals surface area contributed by atoms with E-state index < -0.39 is 0 Å². The quantitative estimate of drug-likeness (QED) is 0.0791. The Kier molecular flexibility index (Phi) is 32.5. The van der Waals surface area contributed by atoms with Gasteiger partial charge in [0.05, 0.1) is 32.0 Å². The summed E-state index contributed by atoms with van der Waals surface area (Å²) in [6.07, 6.45) is 9.98. The first-order valence-electron chi connectivity index (χ1n) is 21.2. The molecular formula is C48H77N5O5. The number of likely N-dealkylation sites (N-methyl/N-ethyl adjacent to an activating group) is 1. The van der Waals surface area contributed by atoms with Crippen LogP contribution in [0.4, 0.5) is 0 Å². The van der Waals surface area contributed by atoms with Crippen LogP contribution in [0.5, 0.6) is 0 Å². The topological polar surface area (TPSA) is 112 Å². The fourth-order valence-electron chi connectivity index (χ4n) is 4.30. The molecule has 0 radical (unpaired) electrons. The van der Waals surface area contributed by atoms with Crippen molar-refractivity contribution in [1.29, 1.82) is 0 Å². The monoisotopic (exact) mass is 804 g/mol. The van der Waals surface area contributed by atoms with Crippen molar-refractivity contribution in [3.8, 4) is 0 Å². The van der Waals surface area contributed by atoms with Crippen molar-refractivity contribution in [2.24, 2.45) is 11.0 Å². The summed E-state index contributed by atoms with van der Waals surface area (Å²) in [5, 5.41) is 5.69. The SMILES string of the molecule is C=Cc1ccccc1.CC.CC.CC1=CCOC1=O.CC1CCO1.CC1CO1.CC1COC1.CN1CC1.CN1CCC1.CN=[N+]=[N-].c1ccc2cc3c(cc2c1)CC3. The fourth-order valence-corrected chi connectivity index (χ4v) is 4.30. The molecule has 0 aromatic heterocycles. The van der Waals surface area contributed by atoms with Gasteiger partial charge in [-0.3, -0.25) is 0 Å². The van der Waals surface area contributed by atoms with E-state index in [0.717, 1.165) is 37.9 Å². The second-order valence-electron chi connectivity index (χ2n) is 14.1. The number of cyclic esters (lactones) is 1. The number of ether oxygens (including phenoxy) is 4. The van der Waals surface area contributed by atoms with Gasteiger partial charge in [-0.25, -0.2) is 4.79 Å². The third kappa shape index (κ3) is 28.4. The number of nitrogens with zero attached hydrogens (tertiary/aromatic N) is 5. The molecule has 10 heteroatoms. The van der Waals surface area contributed by atoms with Gasteiger partial charge in [-0.1, -0.05) is 119 Å². The minimum Gasteiger partial charge on any atom is -0.458 e. The van der Waals surface area contributed by atoms with Gasteiger partial charge in [0.25, 0.3) is 0 Å². The molecule has 5 saturated heterocycles. The smallest absolute Gasteiger partial charge is 0.333 e. The van der Waals surface area contributed by atoms with Gasteiger partial charge in [0.1, 0.15) is 6.61 Å². The molecule has 6 aliphatic heterocycles. The van der Waals surface area contributed by atoms with Crippen molar-refractivity contribution in [3.63, 3.8) is 0 Å². The minimum absolute atomic E-state index is 0.181. The summed E-state index contributed by atoms with van der Waals surface area (Å²) in [5.41, 5.74) is 12.3. The van der Waals surface area contributed by atoms with Crippen molar-refractivity contribution in [3.05, 3.63) is 112 Å². The number of benzene rings is 3. The molecule has 0 bridgehead atoms. The van der Waals surface area contributed by atoms with Gasteiger partial charge in [-0.2, -0.15) is 0 Å². The number of aryl methyl sites for hydroxylation is 2. The van der Waals surface area contributed by atoms with Gasteiger partial charge < -0.3 is 28.7 Å². The van der Waals surface area contributed by atoms with E-state index in [0.29, 0.717) is 18.8 Å². The summed E-state index contributed by atoms with van der Waals surface area (Å²) in [7, 11) is 5.64. The Balaban J connectivity index is 0.000000641. The van der Waals surface area contributed by atoms with Gasteiger partial charge >= 0.3 is 5.97 Å². The molecule has 0 amide bonds. The average Bonchev–Trinajstić information content (AvgIpc) is 4.17. The normalized spacial score (nSPS) is 19.0. The van der Waals surface area contributed by atoms with Crippen LogP contribution >= 0.6 is 0 Å². The molecule has 0 saturated carbocycles. The number of likely N-dealkylation sites (tertiary alicyclic amines) is 1. The maximum Gasteiger partial charge on any atom is 0.333 e. The number of fused-ring (bicyclic) bond motifs is 2.